The fourth-order valence-corrected chi connectivity index (χ4v) is 2.80. The molecule has 0 amide bonds. The zero-order valence-corrected chi connectivity index (χ0v) is 8.66. The molecule has 1 aromatic rings. The van der Waals surface area contributed by atoms with Crippen LogP contribution in [0.5, 0.6) is 0 Å². The predicted molar refractivity (Wildman–Crippen MR) is 56.3 cm³/mol. The molecule has 0 aliphatic heterocycles. The fraction of sp³-hybridized carbons (Fsp3) is 0.667. The van der Waals surface area contributed by atoms with E-state index in [1.807, 2.05) is 0 Å². The van der Waals surface area contributed by atoms with Crippen LogP contribution in [0.2, 0.25) is 0 Å². The number of rotatable bonds is 2. The minimum absolute atomic E-state index is 0.349. The van der Waals surface area contributed by atoms with E-state index in [2.05, 4.69) is 17.2 Å². The van der Waals surface area contributed by atoms with Gasteiger partial charge in [-0.2, -0.15) is 0 Å². The van der Waals surface area contributed by atoms with Crippen LogP contribution < -0.4 is 11.1 Å². The molecule has 3 N–H and O–H groups in total. The van der Waals surface area contributed by atoms with Crippen molar-refractivity contribution in [1.82, 2.24) is 4.98 Å². The quantitative estimate of drug-likeness (QED) is 0.753. The molecule has 0 radical (unpaired) electrons. The molecule has 1 aliphatic carbocycles. The third-order valence-corrected chi connectivity index (χ3v) is 3.38. The van der Waals surface area contributed by atoms with Gasteiger partial charge in [-0.05, 0) is 26.2 Å². The van der Waals surface area contributed by atoms with Crippen LogP contribution in [0.3, 0.4) is 0 Å². The van der Waals surface area contributed by atoms with Crippen LogP contribution in [0, 0.1) is 0 Å². The Morgan fingerprint density at radius 3 is 3.31 bits per heavy atom. The first-order valence-electron chi connectivity index (χ1n) is 4.77. The summed E-state index contributed by atoms with van der Waals surface area (Å²) in [6.07, 6.45) is 3.15. The van der Waals surface area contributed by atoms with Crippen molar-refractivity contribution in [3.05, 3.63) is 10.6 Å². The Morgan fingerprint density at radius 1 is 1.69 bits per heavy atom. The second-order valence-corrected chi connectivity index (χ2v) is 4.51. The van der Waals surface area contributed by atoms with Gasteiger partial charge >= 0.3 is 0 Å². The summed E-state index contributed by atoms with van der Waals surface area (Å²) in [6, 6.07) is 0.349. The topological polar surface area (TPSA) is 50.9 Å². The number of hydrogen-bond donors (Lipinski definition) is 2. The van der Waals surface area contributed by atoms with Crippen molar-refractivity contribution in [3.63, 3.8) is 0 Å². The van der Waals surface area contributed by atoms with E-state index in [9.17, 15) is 0 Å². The number of aromatic nitrogens is 1. The Labute approximate surface area is 82.4 Å². The van der Waals surface area contributed by atoms with Gasteiger partial charge in [-0.25, -0.2) is 4.98 Å². The van der Waals surface area contributed by atoms with E-state index in [1.54, 1.807) is 11.3 Å². The van der Waals surface area contributed by atoms with Crippen LogP contribution in [0.25, 0.3) is 0 Å². The van der Waals surface area contributed by atoms with Gasteiger partial charge in [0, 0.05) is 17.5 Å². The normalized spacial score (nSPS) is 21.2. The van der Waals surface area contributed by atoms with Crippen molar-refractivity contribution < 1.29 is 0 Å². The molecule has 1 aromatic heterocycles. The number of fused-ring (bicyclic) bond motifs is 1. The lowest BCUT2D eigenvalue weighted by Crippen LogP contribution is -2.26. The second kappa shape index (κ2) is 3.64. The summed E-state index contributed by atoms with van der Waals surface area (Å²) in [5, 5.41) is 4.30. The van der Waals surface area contributed by atoms with Gasteiger partial charge in [-0.3, -0.25) is 0 Å². The van der Waals surface area contributed by atoms with E-state index in [0.29, 0.717) is 6.04 Å². The summed E-state index contributed by atoms with van der Waals surface area (Å²) in [5.74, 6) is 0. The molecular formula is C9H15N3S. The first-order chi connectivity index (χ1) is 6.29. The van der Waals surface area contributed by atoms with Crippen molar-refractivity contribution in [2.75, 3.05) is 11.9 Å². The number of hydrogen-bond acceptors (Lipinski definition) is 4. The SMILES string of the molecule is CCNc1nc2c(s1)CC(N)CC2. The molecule has 1 unspecified atom stereocenters. The molecule has 13 heavy (non-hydrogen) atoms. The standard InChI is InChI=1S/C9H15N3S/c1-2-11-9-12-7-4-3-6(10)5-8(7)13-9/h6H,2-5,10H2,1H3,(H,11,12). The molecule has 2 rings (SSSR count). The van der Waals surface area contributed by atoms with E-state index in [0.717, 1.165) is 30.9 Å². The molecule has 0 saturated carbocycles. The molecule has 0 aromatic carbocycles. The number of nitrogens with zero attached hydrogens (tertiary/aromatic N) is 1. The largest absolute Gasteiger partial charge is 0.362 e. The first-order valence-corrected chi connectivity index (χ1v) is 5.59. The molecule has 1 aliphatic rings. The first kappa shape index (κ1) is 8.97. The highest BCUT2D eigenvalue weighted by molar-refractivity contribution is 7.15. The number of aryl methyl sites for hydroxylation is 1. The second-order valence-electron chi connectivity index (χ2n) is 3.42. The van der Waals surface area contributed by atoms with Gasteiger partial charge < -0.3 is 11.1 Å². The molecule has 1 atom stereocenters. The van der Waals surface area contributed by atoms with E-state index >= 15 is 0 Å². The van der Waals surface area contributed by atoms with Crippen LogP contribution in [0.4, 0.5) is 5.13 Å². The number of thiazole rings is 1. The average Bonchev–Trinajstić information content (AvgIpc) is 2.46. The highest BCUT2D eigenvalue weighted by Crippen LogP contribution is 2.28. The number of nitrogens with one attached hydrogen (secondary N) is 1. The van der Waals surface area contributed by atoms with Crippen LogP contribution in [0.15, 0.2) is 0 Å². The summed E-state index contributed by atoms with van der Waals surface area (Å²) in [6.45, 7) is 3.03. The van der Waals surface area contributed by atoms with Gasteiger partial charge in [0.2, 0.25) is 0 Å². The molecule has 0 bridgehead atoms. The third-order valence-electron chi connectivity index (χ3n) is 2.31. The summed E-state index contributed by atoms with van der Waals surface area (Å²) in [7, 11) is 0. The molecule has 0 saturated heterocycles. The zero-order chi connectivity index (χ0) is 9.26. The molecule has 72 valence electrons. The Balaban J connectivity index is 2.18. The maximum Gasteiger partial charge on any atom is 0.183 e. The van der Waals surface area contributed by atoms with Crippen molar-refractivity contribution >= 4 is 16.5 Å². The average molecular weight is 197 g/mol. The molecule has 4 heteroatoms. The minimum atomic E-state index is 0.349. The van der Waals surface area contributed by atoms with E-state index in [1.165, 1.54) is 10.6 Å². The van der Waals surface area contributed by atoms with Crippen LogP contribution >= 0.6 is 11.3 Å². The smallest absolute Gasteiger partial charge is 0.183 e. The Bertz CT molecular complexity index is 295. The van der Waals surface area contributed by atoms with Gasteiger partial charge in [0.25, 0.3) is 0 Å². The third kappa shape index (κ3) is 1.84. The fourth-order valence-electron chi connectivity index (χ4n) is 1.63. The highest BCUT2D eigenvalue weighted by atomic mass is 32.1. The minimum Gasteiger partial charge on any atom is -0.362 e. The molecule has 0 spiro atoms. The molecule has 1 heterocycles. The van der Waals surface area contributed by atoms with E-state index in [-0.39, 0.29) is 0 Å². The van der Waals surface area contributed by atoms with Crippen molar-refractivity contribution in [2.24, 2.45) is 5.73 Å². The number of anilines is 1. The van der Waals surface area contributed by atoms with Crippen molar-refractivity contribution in [3.8, 4) is 0 Å². The summed E-state index contributed by atoms with van der Waals surface area (Å²) in [4.78, 5) is 5.91. The maximum atomic E-state index is 5.89. The van der Waals surface area contributed by atoms with E-state index in [4.69, 9.17) is 5.73 Å². The Kier molecular flexibility index (Phi) is 2.51. The predicted octanol–water partition coefficient (Wildman–Crippen LogP) is 1.39. The maximum absolute atomic E-state index is 5.89. The lowest BCUT2D eigenvalue weighted by Gasteiger charge is -2.15. The summed E-state index contributed by atoms with van der Waals surface area (Å²) >= 11 is 1.76. The summed E-state index contributed by atoms with van der Waals surface area (Å²) < 4.78 is 0. The van der Waals surface area contributed by atoms with Crippen LogP contribution in [0.1, 0.15) is 23.9 Å². The Morgan fingerprint density at radius 2 is 2.54 bits per heavy atom. The highest BCUT2D eigenvalue weighted by Gasteiger charge is 2.19. The van der Waals surface area contributed by atoms with Crippen LogP contribution in [-0.4, -0.2) is 17.6 Å². The lowest BCUT2D eigenvalue weighted by molar-refractivity contribution is 0.576. The van der Waals surface area contributed by atoms with Gasteiger partial charge in [0.1, 0.15) is 0 Å². The van der Waals surface area contributed by atoms with Gasteiger partial charge in [-0.1, -0.05) is 0 Å². The molecule has 0 fully saturated rings. The van der Waals surface area contributed by atoms with Gasteiger partial charge in [0.05, 0.1) is 5.69 Å². The van der Waals surface area contributed by atoms with Gasteiger partial charge in [-0.15, -0.1) is 11.3 Å². The Hall–Kier alpha value is -0.610. The van der Waals surface area contributed by atoms with Crippen molar-refractivity contribution in [1.29, 1.82) is 0 Å². The van der Waals surface area contributed by atoms with Crippen LogP contribution in [-0.2, 0) is 12.8 Å². The lowest BCUT2D eigenvalue weighted by atomic mass is 9.99. The zero-order valence-electron chi connectivity index (χ0n) is 7.84. The summed E-state index contributed by atoms with van der Waals surface area (Å²) in [5.41, 5.74) is 7.16. The van der Waals surface area contributed by atoms with E-state index < -0.39 is 0 Å². The van der Waals surface area contributed by atoms with Gasteiger partial charge in [0.15, 0.2) is 5.13 Å². The van der Waals surface area contributed by atoms with Crippen molar-refractivity contribution in [2.45, 2.75) is 32.2 Å². The number of nitrogens with two attached hydrogens (primary N) is 1. The molecule has 3 nitrogen and oxygen atoms in total. The molecular weight excluding hydrogens is 182 g/mol. The monoisotopic (exact) mass is 197 g/mol.